The molecule has 5 nitrogen and oxygen atoms in total. The summed E-state index contributed by atoms with van der Waals surface area (Å²) in [5, 5.41) is 0. The van der Waals surface area contributed by atoms with E-state index in [-0.39, 0.29) is 12.5 Å². The average molecular weight is 242 g/mol. The van der Waals surface area contributed by atoms with Crippen LogP contribution in [0.3, 0.4) is 0 Å². The number of ether oxygens (including phenoxy) is 3. The Labute approximate surface area is 101 Å². The summed E-state index contributed by atoms with van der Waals surface area (Å²) in [6.07, 6.45) is 2.55. The van der Waals surface area contributed by atoms with Gasteiger partial charge >= 0.3 is 5.97 Å². The Morgan fingerprint density at radius 2 is 2.29 bits per heavy atom. The Kier molecular flexibility index (Phi) is 4.69. The van der Waals surface area contributed by atoms with Gasteiger partial charge in [-0.3, -0.25) is 0 Å². The van der Waals surface area contributed by atoms with Crippen molar-refractivity contribution in [3.63, 3.8) is 0 Å². The van der Waals surface area contributed by atoms with Crippen LogP contribution >= 0.6 is 0 Å². The molecule has 1 rings (SSSR count). The molecule has 0 bridgehead atoms. The summed E-state index contributed by atoms with van der Waals surface area (Å²) in [5.41, 5.74) is 0. The number of hydrogen-bond donors (Lipinski definition) is 0. The number of aldehydes is 1. The number of rotatable bonds is 4. The van der Waals surface area contributed by atoms with Crippen LogP contribution in [0.15, 0.2) is 11.8 Å². The Bertz CT molecular complexity index is 319. The Balaban J connectivity index is 2.71. The second-order valence-electron chi connectivity index (χ2n) is 4.21. The maximum atomic E-state index is 11.3. The van der Waals surface area contributed by atoms with Crippen LogP contribution in [-0.2, 0) is 23.8 Å². The zero-order valence-electron chi connectivity index (χ0n) is 10.4. The highest BCUT2D eigenvalue weighted by Crippen LogP contribution is 2.30. The fraction of sp³-hybridized carbons (Fsp3) is 0.667. The van der Waals surface area contributed by atoms with Gasteiger partial charge < -0.3 is 19.0 Å². The van der Waals surface area contributed by atoms with Crippen molar-refractivity contribution in [3.05, 3.63) is 11.8 Å². The van der Waals surface area contributed by atoms with Gasteiger partial charge in [-0.05, 0) is 6.92 Å². The molecule has 0 aromatic heterocycles. The predicted molar refractivity (Wildman–Crippen MR) is 60.1 cm³/mol. The second-order valence-corrected chi connectivity index (χ2v) is 4.21. The van der Waals surface area contributed by atoms with Crippen LogP contribution in [0.5, 0.6) is 0 Å². The number of carbonyl (C=O) groups is 2. The summed E-state index contributed by atoms with van der Waals surface area (Å²) in [4.78, 5) is 21.8. The molecule has 5 heteroatoms. The second kappa shape index (κ2) is 5.82. The molecule has 1 aliphatic rings. The molecule has 0 spiro atoms. The van der Waals surface area contributed by atoms with Gasteiger partial charge in [-0.15, -0.1) is 0 Å². The van der Waals surface area contributed by atoms with E-state index in [1.165, 1.54) is 6.08 Å². The minimum atomic E-state index is -0.829. The lowest BCUT2D eigenvalue weighted by atomic mass is 10.1. The summed E-state index contributed by atoms with van der Waals surface area (Å²) in [6, 6.07) is 0. The summed E-state index contributed by atoms with van der Waals surface area (Å²) in [7, 11) is 0. The van der Waals surface area contributed by atoms with Gasteiger partial charge in [0.05, 0.1) is 18.8 Å². The Hall–Kier alpha value is -1.36. The molecule has 1 unspecified atom stereocenters. The van der Waals surface area contributed by atoms with Crippen molar-refractivity contribution in [2.75, 3.05) is 6.61 Å². The van der Waals surface area contributed by atoms with Crippen molar-refractivity contribution < 1.29 is 23.8 Å². The van der Waals surface area contributed by atoms with Gasteiger partial charge in [0.15, 0.2) is 0 Å². The third-order valence-electron chi connectivity index (χ3n) is 2.18. The van der Waals surface area contributed by atoms with Crippen LogP contribution in [0.2, 0.25) is 0 Å². The quantitative estimate of drug-likeness (QED) is 0.425. The monoisotopic (exact) mass is 242 g/mol. The lowest BCUT2D eigenvalue weighted by molar-refractivity contribution is -0.246. The fourth-order valence-corrected chi connectivity index (χ4v) is 1.69. The summed E-state index contributed by atoms with van der Waals surface area (Å²) in [5.74, 6) is -0.777. The van der Waals surface area contributed by atoms with Crippen molar-refractivity contribution in [2.24, 2.45) is 0 Å². The van der Waals surface area contributed by atoms with Crippen molar-refractivity contribution in [2.45, 2.75) is 45.5 Å². The van der Waals surface area contributed by atoms with Gasteiger partial charge in [-0.25, -0.2) is 4.79 Å². The van der Waals surface area contributed by atoms with Crippen LogP contribution in [-0.4, -0.2) is 30.8 Å². The van der Waals surface area contributed by atoms with Crippen molar-refractivity contribution in [3.8, 4) is 0 Å². The van der Waals surface area contributed by atoms with Gasteiger partial charge in [0, 0.05) is 26.7 Å². The number of esters is 1. The molecule has 1 saturated heterocycles. The van der Waals surface area contributed by atoms with Crippen LogP contribution in [0.4, 0.5) is 0 Å². The molecule has 1 atom stereocenters. The Morgan fingerprint density at radius 3 is 2.88 bits per heavy atom. The van der Waals surface area contributed by atoms with Gasteiger partial charge in [0.1, 0.15) is 12.0 Å². The van der Waals surface area contributed by atoms with Crippen LogP contribution in [0.1, 0.15) is 33.6 Å². The molecule has 0 aromatic carbocycles. The average Bonchev–Trinajstić information content (AvgIpc) is 2.15. The zero-order chi connectivity index (χ0) is 12.9. The maximum absolute atomic E-state index is 11.3. The van der Waals surface area contributed by atoms with E-state index >= 15 is 0 Å². The lowest BCUT2D eigenvalue weighted by Gasteiger charge is -2.37. The summed E-state index contributed by atoms with van der Waals surface area (Å²) < 4.78 is 15.8. The molecule has 0 aromatic rings. The highest BCUT2D eigenvalue weighted by molar-refractivity contribution is 5.82. The zero-order valence-corrected chi connectivity index (χ0v) is 10.4. The molecule has 0 N–H and O–H groups in total. The predicted octanol–water partition coefficient (Wildman–Crippen LogP) is 1.56. The maximum Gasteiger partial charge on any atom is 0.334 e. The van der Waals surface area contributed by atoms with E-state index in [1.54, 1.807) is 20.8 Å². The SMILES string of the molecule is CCOC(=O)C=C1CC(CC=O)OC(C)(C)O1. The van der Waals surface area contributed by atoms with Gasteiger partial charge in [0.25, 0.3) is 0 Å². The third-order valence-corrected chi connectivity index (χ3v) is 2.18. The van der Waals surface area contributed by atoms with Crippen molar-refractivity contribution >= 4 is 12.3 Å². The van der Waals surface area contributed by atoms with Gasteiger partial charge in [-0.1, -0.05) is 0 Å². The van der Waals surface area contributed by atoms with E-state index in [0.717, 1.165) is 6.29 Å². The highest BCUT2D eigenvalue weighted by atomic mass is 16.7. The van der Waals surface area contributed by atoms with E-state index in [2.05, 4.69) is 0 Å². The van der Waals surface area contributed by atoms with E-state index in [1.807, 2.05) is 0 Å². The van der Waals surface area contributed by atoms with Crippen LogP contribution in [0.25, 0.3) is 0 Å². The first-order valence-corrected chi connectivity index (χ1v) is 5.64. The first kappa shape index (κ1) is 13.7. The smallest absolute Gasteiger partial charge is 0.334 e. The minimum Gasteiger partial charge on any atom is -0.467 e. The molecule has 0 aliphatic carbocycles. The normalized spacial score (nSPS) is 25.1. The number of hydrogen-bond acceptors (Lipinski definition) is 5. The largest absolute Gasteiger partial charge is 0.467 e. The van der Waals surface area contributed by atoms with Gasteiger partial charge in [0.2, 0.25) is 5.79 Å². The highest BCUT2D eigenvalue weighted by Gasteiger charge is 2.33. The van der Waals surface area contributed by atoms with Gasteiger partial charge in [-0.2, -0.15) is 0 Å². The molecular formula is C12H18O5. The topological polar surface area (TPSA) is 61.8 Å². The van der Waals surface area contributed by atoms with Crippen LogP contribution in [0, 0.1) is 0 Å². The van der Waals surface area contributed by atoms with E-state index < -0.39 is 11.8 Å². The summed E-state index contributed by atoms with van der Waals surface area (Å²) >= 11 is 0. The van der Waals surface area contributed by atoms with E-state index in [4.69, 9.17) is 14.2 Å². The van der Waals surface area contributed by atoms with Crippen molar-refractivity contribution in [1.82, 2.24) is 0 Å². The third kappa shape index (κ3) is 4.56. The molecular weight excluding hydrogens is 224 g/mol. The van der Waals surface area contributed by atoms with Crippen LogP contribution < -0.4 is 0 Å². The molecule has 0 radical (unpaired) electrons. The molecule has 0 amide bonds. The molecule has 1 aliphatic heterocycles. The number of carbonyl (C=O) groups excluding carboxylic acids is 2. The standard InChI is InChI=1S/C12H18O5/c1-4-15-11(14)8-10-7-9(5-6-13)16-12(2,3)17-10/h6,8-9H,4-5,7H2,1-3H3. The summed E-state index contributed by atoms with van der Waals surface area (Å²) in [6.45, 7) is 5.53. The molecule has 96 valence electrons. The minimum absolute atomic E-state index is 0.253. The first-order valence-electron chi connectivity index (χ1n) is 5.64. The van der Waals surface area contributed by atoms with E-state index in [9.17, 15) is 9.59 Å². The molecule has 1 fully saturated rings. The fourth-order valence-electron chi connectivity index (χ4n) is 1.69. The molecule has 17 heavy (non-hydrogen) atoms. The lowest BCUT2D eigenvalue weighted by Crippen LogP contribution is -2.39. The molecule has 1 heterocycles. The Morgan fingerprint density at radius 1 is 1.59 bits per heavy atom. The van der Waals surface area contributed by atoms with E-state index in [0.29, 0.717) is 18.8 Å². The first-order chi connectivity index (χ1) is 7.96. The molecule has 0 saturated carbocycles. The van der Waals surface area contributed by atoms with Crippen molar-refractivity contribution in [1.29, 1.82) is 0 Å².